The number of hydrogen-bond donors (Lipinski definition) is 1. The Morgan fingerprint density at radius 2 is 1.81 bits per heavy atom. The lowest BCUT2D eigenvalue weighted by molar-refractivity contribution is -0.128. The first kappa shape index (κ1) is 25.2. The summed E-state index contributed by atoms with van der Waals surface area (Å²) in [5.74, 6) is -4.83. The number of aromatic nitrogens is 2. The second-order valence-corrected chi connectivity index (χ2v) is 9.19. The summed E-state index contributed by atoms with van der Waals surface area (Å²) < 4.78 is 50.0. The van der Waals surface area contributed by atoms with Crippen molar-refractivity contribution in [2.24, 2.45) is 5.92 Å². The third kappa shape index (κ3) is 5.17. The van der Waals surface area contributed by atoms with Crippen LogP contribution in [0, 0.1) is 23.4 Å². The summed E-state index contributed by atoms with van der Waals surface area (Å²) in [6.07, 6.45) is 0.338. The standard InChI is InChI=1S/C26H24F3N3O4/c1-13(2)21-4-5-22(31-30-21)25-19(28)8-16(9-20(25)29)36-23-10-17(26(34)35)18(27)7-15(23)12-32-11-14(3)6-24(32)33/h4-5,7-10,13-14H,6,11-12H2,1-3H3,(H,34,35)/t14-/m0/s1. The summed E-state index contributed by atoms with van der Waals surface area (Å²) in [4.78, 5) is 25.2. The molecule has 10 heteroatoms. The molecular formula is C26H24F3N3O4. The van der Waals surface area contributed by atoms with Crippen LogP contribution in [0.4, 0.5) is 13.2 Å². The van der Waals surface area contributed by atoms with Crippen LogP contribution in [0.1, 0.15) is 54.7 Å². The van der Waals surface area contributed by atoms with Crippen molar-refractivity contribution in [3.63, 3.8) is 0 Å². The molecule has 1 N–H and O–H groups in total. The molecule has 4 rings (SSSR count). The van der Waals surface area contributed by atoms with Gasteiger partial charge in [0.05, 0.1) is 22.5 Å². The number of carboxylic acid groups (broad SMARTS) is 1. The molecule has 1 aliphatic rings. The topological polar surface area (TPSA) is 92.6 Å². The minimum absolute atomic E-state index is 0.00162. The molecule has 0 aliphatic carbocycles. The normalized spacial score (nSPS) is 15.6. The van der Waals surface area contributed by atoms with Gasteiger partial charge in [0.1, 0.15) is 29.0 Å². The summed E-state index contributed by atoms with van der Waals surface area (Å²) in [6.45, 7) is 6.12. The molecule has 1 amide bonds. The first-order chi connectivity index (χ1) is 17.0. The third-order valence-corrected chi connectivity index (χ3v) is 5.93. The Bertz CT molecular complexity index is 1310. The molecule has 2 aromatic carbocycles. The van der Waals surface area contributed by atoms with E-state index in [1.807, 2.05) is 20.8 Å². The molecular weight excluding hydrogens is 475 g/mol. The van der Waals surface area contributed by atoms with Gasteiger partial charge in [-0.2, -0.15) is 10.2 Å². The monoisotopic (exact) mass is 499 g/mol. The predicted octanol–water partition coefficient (Wildman–Crippen LogP) is 5.54. The van der Waals surface area contributed by atoms with Crippen LogP contribution in [0.3, 0.4) is 0 Å². The van der Waals surface area contributed by atoms with Crippen molar-refractivity contribution >= 4 is 11.9 Å². The molecule has 0 spiro atoms. The van der Waals surface area contributed by atoms with Crippen molar-refractivity contribution < 1.29 is 32.6 Å². The number of carbonyl (C=O) groups is 2. The fraction of sp³-hybridized carbons (Fsp3) is 0.308. The Labute approximate surface area is 205 Å². The van der Waals surface area contributed by atoms with Gasteiger partial charge in [0.25, 0.3) is 0 Å². The van der Waals surface area contributed by atoms with E-state index in [1.54, 1.807) is 6.07 Å². The van der Waals surface area contributed by atoms with Crippen molar-refractivity contribution in [3.8, 4) is 22.8 Å². The first-order valence-corrected chi connectivity index (χ1v) is 11.4. The van der Waals surface area contributed by atoms with Crippen LogP contribution in [-0.4, -0.2) is 38.6 Å². The van der Waals surface area contributed by atoms with Gasteiger partial charge in [-0.05, 0) is 36.1 Å². The van der Waals surface area contributed by atoms with Gasteiger partial charge in [-0.15, -0.1) is 0 Å². The highest BCUT2D eigenvalue weighted by molar-refractivity contribution is 5.88. The summed E-state index contributed by atoms with van der Waals surface area (Å²) in [5, 5.41) is 17.2. The van der Waals surface area contributed by atoms with E-state index >= 15 is 0 Å². The highest BCUT2D eigenvalue weighted by Gasteiger charge is 2.28. The van der Waals surface area contributed by atoms with E-state index < -0.39 is 34.5 Å². The van der Waals surface area contributed by atoms with E-state index in [2.05, 4.69) is 10.2 Å². The number of benzene rings is 2. The number of halogens is 3. The second kappa shape index (κ2) is 9.96. The summed E-state index contributed by atoms with van der Waals surface area (Å²) in [7, 11) is 0. The van der Waals surface area contributed by atoms with E-state index in [0.29, 0.717) is 18.7 Å². The number of ether oxygens (including phenoxy) is 1. The fourth-order valence-electron chi connectivity index (χ4n) is 4.07. The summed E-state index contributed by atoms with van der Waals surface area (Å²) >= 11 is 0. The van der Waals surface area contributed by atoms with E-state index in [9.17, 15) is 27.9 Å². The quantitative estimate of drug-likeness (QED) is 0.459. The molecule has 1 saturated heterocycles. The largest absolute Gasteiger partial charge is 0.478 e. The van der Waals surface area contributed by atoms with Crippen molar-refractivity contribution in [2.75, 3.05) is 6.54 Å². The van der Waals surface area contributed by atoms with Crippen molar-refractivity contribution in [3.05, 3.63) is 70.7 Å². The zero-order valence-corrected chi connectivity index (χ0v) is 19.9. The number of amides is 1. The van der Waals surface area contributed by atoms with E-state index in [-0.39, 0.29) is 47.0 Å². The SMILES string of the molecule is CC(C)c1ccc(-c2c(F)cc(Oc3cc(C(=O)O)c(F)cc3CN3C[C@@H](C)CC3=O)cc2F)nn1. The number of aromatic carboxylic acids is 1. The molecule has 36 heavy (non-hydrogen) atoms. The average Bonchev–Trinajstić information content (AvgIpc) is 3.11. The average molecular weight is 499 g/mol. The molecule has 0 radical (unpaired) electrons. The first-order valence-electron chi connectivity index (χ1n) is 11.4. The number of likely N-dealkylation sites (tertiary alicyclic amines) is 1. The van der Waals surface area contributed by atoms with Crippen LogP contribution >= 0.6 is 0 Å². The summed E-state index contributed by atoms with van der Waals surface area (Å²) in [5.41, 5.74) is -0.234. The van der Waals surface area contributed by atoms with E-state index in [0.717, 1.165) is 24.3 Å². The van der Waals surface area contributed by atoms with Crippen LogP contribution in [0.15, 0.2) is 36.4 Å². The zero-order chi connectivity index (χ0) is 26.1. The molecule has 3 aromatic rings. The minimum Gasteiger partial charge on any atom is -0.478 e. The maximum atomic E-state index is 15.0. The Kier molecular flexibility index (Phi) is 6.96. The molecule has 1 fully saturated rings. The van der Waals surface area contributed by atoms with Crippen LogP contribution in [0.25, 0.3) is 11.3 Å². The van der Waals surface area contributed by atoms with Gasteiger partial charge >= 0.3 is 5.97 Å². The predicted molar refractivity (Wildman–Crippen MR) is 124 cm³/mol. The molecule has 1 aliphatic heterocycles. The minimum atomic E-state index is -1.54. The van der Waals surface area contributed by atoms with Crippen LogP contribution in [0.5, 0.6) is 11.5 Å². The maximum Gasteiger partial charge on any atom is 0.338 e. The smallest absolute Gasteiger partial charge is 0.338 e. The van der Waals surface area contributed by atoms with E-state index in [4.69, 9.17) is 4.74 Å². The van der Waals surface area contributed by atoms with Crippen molar-refractivity contribution in [1.29, 1.82) is 0 Å². The number of carboxylic acids is 1. The van der Waals surface area contributed by atoms with Crippen LogP contribution < -0.4 is 4.74 Å². The van der Waals surface area contributed by atoms with Gasteiger partial charge in [0, 0.05) is 37.2 Å². The summed E-state index contributed by atoms with van der Waals surface area (Å²) in [6, 6.07) is 6.85. The fourth-order valence-corrected chi connectivity index (χ4v) is 4.07. The van der Waals surface area contributed by atoms with Gasteiger partial charge in [-0.25, -0.2) is 18.0 Å². The lowest BCUT2D eigenvalue weighted by atomic mass is 10.1. The number of hydrogen-bond acceptors (Lipinski definition) is 5. The lowest BCUT2D eigenvalue weighted by Gasteiger charge is -2.20. The number of carbonyl (C=O) groups excluding carboxylic acids is 1. The molecule has 2 heterocycles. The Balaban J connectivity index is 1.68. The van der Waals surface area contributed by atoms with E-state index in [1.165, 1.54) is 11.0 Å². The lowest BCUT2D eigenvalue weighted by Crippen LogP contribution is -2.25. The van der Waals surface area contributed by atoms with Crippen molar-refractivity contribution in [2.45, 2.75) is 39.7 Å². The van der Waals surface area contributed by atoms with Gasteiger partial charge in [-0.1, -0.05) is 20.8 Å². The molecule has 0 unspecified atom stereocenters. The Morgan fingerprint density at radius 3 is 2.33 bits per heavy atom. The Morgan fingerprint density at radius 1 is 1.11 bits per heavy atom. The number of rotatable bonds is 7. The molecule has 7 nitrogen and oxygen atoms in total. The highest BCUT2D eigenvalue weighted by atomic mass is 19.1. The second-order valence-electron chi connectivity index (χ2n) is 9.19. The van der Waals surface area contributed by atoms with Gasteiger partial charge in [0.15, 0.2) is 0 Å². The molecule has 1 aromatic heterocycles. The van der Waals surface area contributed by atoms with Gasteiger partial charge in [-0.3, -0.25) is 4.79 Å². The molecule has 1 atom stereocenters. The zero-order valence-electron chi connectivity index (χ0n) is 19.9. The van der Waals surface area contributed by atoms with Crippen molar-refractivity contribution in [1.82, 2.24) is 15.1 Å². The molecule has 188 valence electrons. The Hall–Kier alpha value is -3.95. The maximum absolute atomic E-state index is 15.0. The third-order valence-electron chi connectivity index (χ3n) is 5.93. The van der Waals surface area contributed by atoms with Gasteiger partial charge < -0.3 is 14.7 Å². The molecule has 0 bridgehead atoms. The number of nitrogens with zero attached hydrogens (tertiary/aromatic N) is 3. The molecule has 0 saturated carbocycles. The highest BCUT2D eigenvalue weighted by Crippen LogP contribution is 2.34. The van der Waals surface area contributed by atoms with Crippen LogP contribution in [0.2, 0.25) is 0 Å². The van der Waals surface area contributed by atoms with Gasteiger partial charge in [0.2, 0.25) is 5.91 Å². The van der Waals surface area contributed by atoms with Crippen LogP contribution in [-0.2, 0) is 11.3 Å².